The van der Waals surface area contributed by atoms with Crippen molar-refractivity contribution in [3.8, 4) is 0 Å². The number of anilines is 1. The summed E-state index contributed by atoms with van der Waals surface area (Å²) in [4.78, 5) is 15.4. The molecule has 112 valence electrons. The number of rotatable bonds is 5. The smallest absolute Gasteiger partial charge is 0.352 e. The maximum atomic E-state index is 11.2. The zero-order valence-electron chi connectivity index (χ0n) is 11.3. The lowest BCUT2D eigenvalue weighted by Crippen LogP contribution is -2.10. The van der Waals surface area contributed by atoms with E-state index in [0.717, 1.165) is 14.6 Å². The normalized spacial score (nSPS) is 11.6. The Morgan fingerprint density at radius 1 is 1.00 bits per heavy atom. The van der Waals surface area contributed by atoms with Gasteiger partial charge in [-0.05, 0) is 54.6 Å². The first-order valence-corrected chi connectivity index (χ1v) is 7.89. The topological polar surface area (TPSA) is 61.7 Å². The highest BCUT2D eigenvalue weighted by Gasteiger charge is 2.06. The van der Waals surface area contributed by atoms with Crippen LogP contribution in [0.1, 0.15) is 0 Å². The number of hydrogen-bond donors (Lipinski definition) is 2. The maximum absolute atomic E-state index is 11.2. The Balaban J connectivity index is 2.11. The average molecular weight is 424 g/mol. The molecule has 2 rings (SSSR count). The highest BCUT2D eigenvalue weighted by atomic mass is 79.9. The van der Waals surface area contributed by atoms with Crippen molar-refractivity contribution in [3.05, 3.63) is 69.2 Å². The largest absolute Gasteiger partial charge is 0.477 e. The van der Waals surface area contributed by atoms with Crippen molar-refractivity contribution in [2.24, 2.45) is 4.99 Å². The first-order valence-electron chi connectivity index (χ1n) is 6.30. The first-order chi connectivity index (χ1) is 10.5. The molecule has 0 saturated heterocycles. The van der Waals surface area contributed by atoms with E-state index in [9.17, 15) is 9.90 Å². The van der Waals surface area contributed by atoms with Gasteiger partial charge in [0, 0.05) is 20.8 Å². The molecule has 0 heterocycles. The lowest BCUT2D eigenvalue weighted by Gasteiger charge is -2.06. The van der Waals surface area contributed by atoms with Crippen molar-refractivity contribution in [3.63, 3.8) is 0 Å². The van der Waals surface area contributed by atoms with Crippen molar-refractivity contribution in [2.45, 2.75) is 0 Å². The molecule has 0 amide bonds. The zero-order valence-corrected chi connectivity index (χ0v) is 14.5. The second kappa shape index (κ2) is 7.91. The molecule has 0 aliphatic rings. The van der Waals surface area contributed by atoms with Gasteiger partial charge in [0.2, 0.25) is 0 Å². The van der Waals surface area contributed by atoms with E-state index in [0.29, 0.717) is 5.69 Å². The predicted molar refractivity (Wildman–Crippen MR) is 95.8 cm³/mol. The summed E-state index contributed by atoms with van der Waals surface area (Å²) in [5.41, 5.74) is 1.48. The number of nitrogens with zero attached hydrogens (tertiary/aromatic N) is 1. The minimum absolute atomic E-state index is 0.0446. The van der Waals surface area contributed by atoms with Crippen LogP contribution in [0.3, 0.4) is 0 Å². The summed E-state index contributed by atoms with van der Waals surface area (Å²) in [5, 5.41) is 12.1. The van der Waals surface area contributed by atoms with Crippen LogP contribution in [0, 0.1) is 0 Å². The third-order valence-electron chi connectivity index (χ3n) is 2.65. The summed E-state index contributed by atoms with van der Waals surface area (Å²) in [6.07, 6.45) is 2.88. The molecule has 0 aromatic heterocycles. The van der Waals surface area contributed by atoms with Crippen molar-refractivity contribution in [1.82, 2.24) is 0 Å². The molecule has 0 unspecified atom stereocenters. The van der Waals surface area contributed by atoms with Gasteiger partial charge in [0.05, 0.1) is 5.69 Å². The standard InChI is InChI=1S/C16H12Br2N2O2/c17-11-1-5-13(6-2-11)19-10-9-15(16(21)22)20-14-7-3-12(18)4-8-14/h1-10,20H,(H,21,22). The molecule has 0 spiro atoms. The Labute approximate surface area is 144 Å². The van der Waals surface area contributed by atoms with Crippen molar-refractivity contribution >= 4 is 55.4 Å². The lowest BCUT2D eigenvalue weighted by molar-refractivity contribution is -0.132. The molecule has 0 fully saturated rings. The molecule has 0 aliphatic carbocycles. The van der Waals surface area contributed by atoms with Crippen LogP contribution in [0.2, 0.25) is 0 Å². The van der Waals surface area contributed by atoms with Crippen LogP contribution in [0.5, 0.6) is 0 Å². The molecule has 22 heavy (non-hydrogen) atoms. The molecular weight excluding hydrogens is 412 g/mol. The van der Waals surface area contributed by atoms with E-state index in [-0.39, 0.29) is 5.70 Å². The van der Waals surface area contributed by atoms with Crippen LogP contribution in [-0.4, -0.2) is 17.3 Å². The minimum Gasteiger partial charge on any atom is -0.477 e. The van der Waals surface area contributed by atoms with Gasteiger partial charge in [0.15, 0.2) is 0 Å². The SMILES string of the molecule is O=C(O)C(=CC=Nc1ccc(Br)cc1)Nc1ccc(Br)cc1. The Bertz CT molecular complexity index is 708. The van der Waals surface area contributed by atoms with Crippen LogP contribution in [0.25, 0.3) is 0 Å². The maximum Gasteiger partial charge on any atom is 0.352 e. The van der Waals surface area contributed by atoms with Gasteiger partial charge in [-0.2, -0.15) is 0 Å². The number of carboxylic acid groups (broad SMARTS) is 1. The average Bonchev–Trinajstić information content (AvgIpc) is 2.50. The Kier molecular flexibility index (Phi) is 5.91. The zero-order chi connectivity index (χ0) is 15.9. The van der Waals surface area contributed by atoms with Gasteiger partial charge >= 0.3 is 5.97 Å². The fourth-order valence-corrected chi connectivity index (χ4v) is 2.11. The molecular formula is C16H12Br2N2O2. The molecule has 6 heteroatoms. The van der Waals surface area contributed by atoms with Gasteiger partial charge in [-0.25, -0.2) is 4.79 Å². The lowest BCUT2D eigenvalue weighted by atomic mass is 10.3. The number of hydrogen-bond acceptors (Lipinski definition) is 3. The highest BCUT2D eigenvalue weighted by molar-refractivity contribution is 9.10. The quantitative estimate of drug-likeness (QED) is 0.525. The molecule has 0 bridgehead atoms. The van der Waals surface area contributed by atoms with Crippen molar-refractivity contribution < 1.29 is 9.90 Å². The Morgan fingerprint density at radius 3 is 2.09 bits per heavy atom. The Hall–Kier alpha value is -1.92. The molecule has 0 saturated carbocycles. The third-order valence-corrected chi connectivity index (χ3v) is 3.70. The molecule has 2 aromatic carbocycles. The van der Waals surface area contributed by atoms with E-state index in [4.69, 9.17) is 0 Å². The number of halogens is 2. The van der Waals surface area contributed by atoms with E-state index in [1.165, 1.54) is 12.3 Å². The predicted octanol–water partition coefficient (Wildman–Crippen LogP) is 4.99. The fourth-order valence-electron chi connectivity index (χ4n) is 1.58. The Morgan fingerprint density at radius 2 is 1.55 bits per heavy atom. The van der Waals surface area contributed by atoms with Gasteiger partial charge in [0.1, 0.15) is 5.70 Å². The third kappa shape index (κ3) is 5.13. The second-order valence-electron chi connectivity index (χ2n) is 4.27. The summed E-state index contributed by atoms with van der Waals surface area (Å²) in [7, 11) is 0. The molecule has 0 atom stereocenters. The van der Waals surface area contributed by atoms with E-state index in [1.807, 2.05) is 36.4 Å². The molecule has 0 radical (unpaired) electrons. The minimum atomic E-state index is -1.05. The summed E-state index contributed by atoms with van der Waals surface area (Å²) in [5.74, 6) is -1.05. The van der Waals surface area contributed by atoms with Crippen molar-refractivity contribution in [1.29, 1.82) is 0 Å². The first kappa shape index (κ1) is 16.5. The monoisotopic (exact) mass is 422 g/mol. The summed E-state index contributed by atoms with van der Waals surface area (Å²) in [6, 6.07) is 14.6. The number of aliphatic carboxylic acids is 1. The summed E-state index contributed by atoms with van der Waals surface area (Å²) >= 11 is 6.67. The molecule has 0 aliphatic heterocycles. The molecule has 4 nitrogen and oxygen atoms in total. The number of nitrogens with one attached hydrogen (secondary N) is 1. The van der Waals surface area contributed by atoms with Crippen LogP contribution in [0.4, 0.5) is 11.4 Å². The fraction of sp³-hybridized carbons (Fsp3) is 0. The van der Waals surface area contributed by atoms with Gasteiger partial charge in [-0.1, -0.05) is 31.9 Å². The van der Waals surface area contributed by atoms with Gasteiger partial charge < -0.3 is 10.4 Å². The molecule has 2 aromatic rings. The van der Waals surface area contributed by atoms with Crippen LogP contribution in [-0.2, 0) is 4.79 Å². The van der Waals surface area contributed by atoms with E-state index < -0.39 is 5.97 Å². The second-order valence-corrected chi connectivity index (χ2v) is 6.10. The number of aliphatic imine (C=N–C) groups is 1. The van der Waals surface area contributed by atoms with Crippen LogP contribution in [0.15, 0.2) is 74.2 Å². The van der Waals surface area contributed by atoms with Gasteiger partial charge in [-0.3, -0.25) is 4.99 Å². The highest BCUT2D eigenvalue weighted by Crippen LogP contribution is 2.17. The van der Waals surface area contributed by atoms with Crippen LogP contribution < -0.4 is 5.32 Å². The number of benzene rings is 2. The molecule has 2 N–H and O–H groups in total. The summed E-state index contributed by atoms with van der Waals surface area (Å²) < 4.78 is 1.89. The van der Waals surface area contributed by atoms with Crippen LogP contribution >= 0.6 is 31.9 Å². The van der Waals surface area contributed by atoms with Gasteiger partial charge in [0.25, 0.3) is 0 Å². The van der Waals surface area contributed by atoms with E-state index in [2.05, 4.69) is 42.2 Å². The number of carboxylic acids is 1. The number of carbonyl (C=O) groups is 1. The number of allylic oxidation sites excluding steroid dienone is 1. The van der Waals surface area contributed by atoms with Crippen molar-refractivity contribution in [2.75, 3.05) is 5.32 Å². The van der Waals surface area contributed by atoms with E-state index >= 15 is 0 Å². The van der Waals surface area contributed by atoms with Gasteiger partial charge in [-0.15, -0.1) is 0 Å². The summed E-state index contributed by atoms with van der Waals surface area (Å²) in [6.45, 7) is 0. The van der Waals surface area contributed by atoms with E-state index in [1.54, 1.807) is 12.1 Å².